The highest BCUT2D eigenvalue weighted by Crippen LogP contribution is 2.32. The van der Waals surface area contributed by atoms with Gasteiger partial charge in [0.25, 0.3) is 0 Å². The van der Waals surface area contributed by atoms with E-state index in [0.29, 0.717) is 19.4 Å². The van der Waals surface area contributed by atoms with Crippen LogP contribution in [0.3, 0.4) is 0 Å². The minimum absolute atomic E-state index is 0.378. The van der Waals surface area contributed by atoms with Gasteiger partial charge in [0.1, 0.15) is 5.54 Å². The normalized spacial score (nSPS) is 29.9. The van der Waals surface area contributed by atoms with Gasteiger partial charge in [0.15, 0.2) is 0 Å². The van der Waals surface area contributed by atoms with Crippen molar-refractivity contribution in [3.05, 3.63) is 17.5 Å². The molecule has 1 fully saturated rings. The van der Waals surface area contributed by atoms with Gasteiger partial charge in [-0.25, -0.2) is 0 Å². The van der Waals surface area contributed by atoms with E-state index in [1.165, 1.54) is 5.69 Å². The van der Waals surface area contributed by atoms with E-state index in [-0.39, 0.29) is 5.91 Å². The van der Waals surface area contributed by atoms with Gasteiger partial charge in [-0.3, -0.25) is 14.8 Å². The number of nitrogens with zero attached hydrogens (tertiary/aromatic N) is 2. The van der Waals surface area contributed by atoms with Crippen LogP contribution < -0.4 is 11.1 Å². The van der Waals surface area contributed by atoms with Gasteiger partial charge in [-0.05, 0) is 12.8 Å². The van der Waals surface area contributed by atoms with Crippen LogP contribution in [0.25, 0.3) is 0 Å². The average Bonchev–Trinajstić information content (AvgIpc) is 2.85. The number of aliphatic hydroxyl groups is 1. The van der Waals surface area contributed by atoms with E-state index in [4.69, 9.17) is 5.73 Å². The first-order valence-corrected chi connectivity index (χ1v) is 6.37. The molecule has 1 saturated carbocycles. The molecule has 2 heterocycles. The number of nitrogens with two attached hydrogens (primary N) is 1. The van der Waals surface area contributed by atoms with Crippen LogP contribution in [-0.2, 0) is 24.3 Å². The zero-order valence-electron chi connectivity index (χ0n) is 10.2. The molecule has 0 bridgehead atoms. The summed E-state index contributed by atoms with van der Waals surface area (Å²) in [5.41, 5.74) is 7.07. The first kappa shape index (κ1) is 11.7. The number of aromatic nitrogens is 2. The maximum Gasteiger partial charge on any atom is 0.237 e. The maximum atomic E-state index is 11.5. The van der Waals surface area contributed by atoms with Gasteiger partial charge in [0.05, 0.1) is 12.3 Å². The second-order valence-corrected chi connectivity index (χ2v) is 5.31. The van der Waals surface area contributed by atoms with Crippen LogP contribution >= 0.6 is 0 Å². The van der Waals surface area contributed by atoms with Crippen LogP contribution in [0.15, 0.2) is 6.20 Å². The first-order valence-electron chi connectivity index (χ1n) is 6.37. The number of rotatable bonds is 4. The Balaban J connectivity index is 1.68. The average molecular weight is 250 g/mol. The summed E-state index contributed by atoms with van der Waals surface area (Å²) < 4.78 is 2.02. The highest BCUT2D eigenvalue weighted by atomic mass is 16.3. The monoisotopic (exact) mass is 250 g/mol. The number of primary amides is 1. The van der Waals surface area contributed by atoms with Crippen molar-refractivity contribution in [2.75, 3.05) is 0 Å². The Kier molecular flexibility index (Phi) is 2.64. The number of fused-ring (bicyclic) bond motifs is 1. The molecular weight excluding hydrogens is 232 g/mol. The zero-order chi connectivity index (χ0) is 12.8. The van der Waals surface area contributed by atoms with Crippen molar-refractivity contribution in [2.24, 2.45) is 5.73 Å². The Bertz CT molecular complexity index is 476. The molecule has 0 spiro atoms. The largest absolute Gasteiger partial charge is 0.393 e. The number of aryl methyl sites for hydroxylation is 1. The molecule has 0 radical (unpaired) electrons. The number of nitrogens with one attached hydrogen (secondary N) is 1. The van der Waals surface area contributed by atoms with Crippen molar-refractivity contribution >= 4 is 5.91 Å². The SMILES string of the molecule is NC(=O)C1(NCc2cnn3c2CCC3)CC(O)C1. The summed E-state index contributed by atoms with van der Waals surface area (Å²) in [7, 11) is 0. The molecule has 98 valence electrons. The van der Waals surface area contributed by atoms with E-state index >= 15 is 0 Å². The predicted octanol–water partition coefficient (Wildman–Crippen LogP) is -0.702. The molecule has 6 heteroatoms. The van der Waals surface area contributed by atoms with Gasteiger partial charge in [-0.1, -0.05) is 0 Å². The van der Waals surface area contributed by atoms with Crippen molar-refractivity contribution in [1.29, 1.82) is 0 Å². The second-order valence-electron chi connectivity index (χ2n) is 5.31. The lowest BCUT2D eigenvalue weighted by atomic mass is 9.73. The Morgan fingerprint density at radius 3 is 3.11 bits per heavy atom. The minimum Gasteiger partial charge on any atom is -0.393 e. The van der Waals surface area contributed by atoms with E-state index in [9.17, 15) is 9.90 Å². The van der Waals surface area contributed by atoms with E-state index in [1.54, 1.807) is 0 Å². The summed E-state index contributed by atoms with van der Waals surface area (Å²) in [5.74, 6) is -0.378. The van der Waals surface area contributed by atoms with Crippen molar-refractivity contribution < 1.29 is 9.90 Å². The molecule has 4 N–H and O–H groups in total. The number of aliphatic hydroxyl groups excluding tert-OH is 1. The Hall–Kier alpha value is -1.40. The summed E-state index contributed by atoms with van der Waals surface area (Å²) in [6.07, 6.45) is 4.44. The molecular formula is C12H18N4O2. The lowest BCUT2D eigenvalue weighted by Gasteiger charge is -2.43. The predicted molar refractivity (Wildman–Crippen MR) is 64.6 cm³/mol. The van der Waals surface area contributed by atoms with E-state index in [1.807, 2.05) is 10.9 Å². The van der Waals surface area contributed by atoms with E-state index in [2.05, 4.69) is 10.4 Å². The fourth-order valence-electron chi connectivity index (χ4n) is 2.92. The molecule has 0 atom stereocenters. The Morgan fingerprint density at radius 2 is 2.44 bits per heavy atom. The fourth-order valence-corrected chi connectivity index (χ4v) is 2.92. The summed E-state index contributed by atoms with van der Waals surface area (Å²) in [6.45, 7) is 1.57. The molecule has 0 unspecified atom stereocenters. The molecule has 1 aliphatic carbocycles. The number of amides is 1. The molecule has 0 saturated heterocycles. The quantitative estimate of drug-likeness (QED) is 0.658. The van der Waals surface area contributed by atoms with E-state index < -0.39 is 11.6 Å². The molecule has 3 rings (SSSR count). The van der Waals surface area contributed by atoms with Gasteiger partial charge in [-0.15, -0.1) is 0 Å². The smallest absolute Gasteiger partial charge is 0.237 e. The van der Waals surface area contributed by atoms with Crippen molar-refractivity contribution in [1.82, 2.24) is 15.1 Å². The van der Waals surface area contributed by atoms with Gasteiger partial charge < -0.3 is 10.8 Å². The standard InChI is InChI=1S/C12H18N4O2/c13-11(18)12(4-9(17)5-12)14-6-8-7-15-16-3-1-2-10(8)16/h7,9,14,17H,1-6H2,(H2,13,18). The van der Waals surface area contributed by atoms with Gasteiger partial charge in [-0.2, -0.15) is 5.10 Å². The third kappa shape index (κ3) is 1.72. The highest BCUT2D eigenvalue weighted by molar-refractivity contribution is 5.86. The van der Waals surface area contributed by atoms with Crippen molar-refractivity contribution in [2.45, 2.75) is 50.4 Å². The summed E-state index contributed by atoms with van der Waals surface area (Å²) in [4.78, 5) is 11.5. The van der Waals surface area contributed by atoms with Crippen LogP contribution in [0.4, 0.5) is 0 Å². The Labute approximate surface area is 105 Å². The molecule has 2 aliphatic rings. The molecule has 1 aromatic rings. The van der Waals surface area contributed by atoms with Crippen molar-refractivity contribution in [3.63, 3.8) is 0 Å². The molecule has 1 amide bonds. The summed E-state index contributed by atoms with van der Waals surface area (Å²) in [6, 6.07) is 0. The molecule has 1 aliphatic heterocycles. The number of hydrogen-bond donors (Lipinski definition) is 3. The second kappa shape index (κ2) is 4.07. The van der Waals surface area contributed by atoms with Crippen LogP contribution in [0.5, 0.6) is 0 Å². The third-order valence-electron chi connectivity index (χ3n) is 4.08. The molecule has 18 heavy (non-hydrogen) atoms. The van der Waals surface area contributed by atoms with Crippen LogP contribution in [0.1, 0.15) is 30.5 Å². The third-order valence-corrected chi connectivity index (χ3v) is 4.08. The molecule has 6 nitrogen and oxygen atoms in total. The number of hydrogen-bond acceptors (Lipinski definition) is 4. The number of carbonyl (C=O) groups excluding carboxylic acids is 1. The first-order chi connectivity index (χ1) is 8.61. The van der Waals surface area contributed by atoms with Crippen LogP contribution in [-0.4, -0.2) is 32.4 Å². The Morgan fingerprint density at radius 1 is 1.67 bits per heavy atom. The number of carbonyl (C=O) groups is 1. The molecule has 0 aromatic carbocycles. The lowest BCUT2D eigenvalue weighted by Crippen LogP contribution is -2.64. The van der Waals surface area contributed by atoms with Crippen LogP contribution in [0.2, 0.25) is 0 Å². The zero-order valence-corrected chi connectivity index (χ0v) is 10.2. The maximum absolute atomic E-state index is 11.5. The van der Waals surface area contributed by atoms with E-state index in [0.717, 1.165) is 24.9 Å². The topological polar surface area (TPSA) is 93.2 Å². The van der Waals surface area contributed by atoms with Crippen molar-refractivity contribution in [3.8, 4) is 0 Å². The summed E-state index contributed by atoms with van der Waals surface area (Å²) >= 11 is 0. The van der Waals surface area contributed by atoms with Gasteiger partial charge in [0.2, 0.25) is 5.91 Å². The minimum atomic E-state index is -0.729. The van der Waals surface area contributed by atoms with Crippen LogP contribution in [0, 0.1) is 0 Å². The molecule has 1 aromatic heterocycles. The summed E-state index contributed by atoms with van der Waals surface area (Å²) in [5, 5.41) is 16.9. The van der Waals surface area contributed by atoms with Gasteiger partial charge in [0, 0.05) is 37.2 Å². The highest BCUT2D eigenvalue weighted by Gasteiger charge is 2.48. The van der Waals surface area contributed by atoms with Gasteiger partial charge >= 0.3 is 0 Å². The fraction of sp³-hybridized carbons (Fsp3) is 0.667. The lowest BCUT2D eigenvalue weighted by molar-refractivity contribution is -0.133.